The van der Waals surface area contributed by atoms with Crippen LogP contribution in [0, 0.1) is 19.3 Å². The van der Waals surface area contributed by atoms with Crippen LogP contribution in [0.25, 0.3) is 0 Å². The number of rotatable bonds is 11. The van der Waals surface area contributed by atoms with Crippen molar-refractivity contribution in [2.45, 2.75) is 66.8 Å². The van der Waals surface area contributed by atoms with Crippen molar-refractivity contribution in [2.24, 2.45) is 5.41 Å². The van der Waals surface area contributed by atoms with Crippen LogP contribution in [-0.2, 0) is 40.4 Å². The molecule has 0 aliphatic heterocycles. The highest BCUT2D eigenvalue weighted by molar-refractivity contribution is 5.81. The largest absolute Gasteiger partial charge is 0.457 e. The first-order chi connectivity index (χ1) is 19.5. The molecular formula is C30H37N7O4. The van der Waals surface area contributed by atoms with Crippen LogP contribution < -0.4 is 5.32 Å². The maximum Gasteiger partial charge on any atom is 0.407 e. The fourth-order valence-corrected chi connectivity index (χ4v) is 4.10. The van der Waals surface area contributed by atoms with E-state index < -0.39 is 18.1 Å². The van der Waals surface area contributed by atoms with E-state index in [1.54, 1.807) is 21.8 Å². The van der Waals surface area contributed by atoms with Gasteiger partial charge in [-0.3, -0.25) is 0 Å². The highest BCUT2D eigenvalue weighted by Gasteiger charge is 2.26. The molecule has 0 aliphatic carbocycles. The number of alkyl carbamates (subject to hydrolysis) is 1. The topological polar surface area (TPSA) is 126 Å². The predicted octanol–water partition coefficient (Wildman–Crippen LogP) is 4.01. The summed E-state index contributed by atoms with van der Waals surface area (Å²) in [6, 6.07) is 15.2. The number of amides is 1. The maximum atomic E-state index is 13.1. The fourth-order valence-electron chi connectivity index (χ4n) is 4.10. The van der Waals surface area contributed by atoms with Crippen molar-refractivity contribution in [1.29, 1.82) is 0 Å². The number of carbonyl (C=O) groups is 2. The molecule has 1 N–H and O–H groups in total. The molecule has 1 amide bonds. The molecule has 0 bridgehead atoms. The van der Waals surface area contributed by atoms with E-state index >= 15 is 0 Å². The third kappa shape index (κ3) is 9.55. The third-order valence-corrected chi connectivity index (χ3v) is 6.01. The standard InChI is InChI=1S/C30H37N7O4/c1-21-8-6-10-23(12-21)15-36-17-25(32-34-36)14-27(31-29(39)41-20-30(3,4)5)28(38)40-19-26-18-37(35-33-26)16-24-11-7-9-22(2)13-24/h6-13,17-18,27H,14-16,19-20H2,1-5H3,(H,31,39)/t27-/m1/s1. The molecule has 0 saturated carbocycles. The van der Waals surface area contributed by atoms with Crippen LogP contribution in [0.1, 0.15) is 54.4 Å². The molecule has 4 aromatic rings. The summed E-state index contributed by atoms with van der Waals surface area (Å²) < 4.78 is 14.2. The molecule has 4 rings (SSSR count). The van der Waals surface area contributed by atoms with Crippen molar-refractivity contribution in [3.63, 3.8) is 0 Å². The third-order valence-electron chi connectivity index (χ3n) is 6.01. The molecule has 0 aliphatic rings. The van der Waals surface area contributed by atoms with Gasteiger partial charge in [-0.15, -0.1) is 10.2 Å². The number of esters is 1. The van der Waals surface area contributed by atoms with E-state index in [4.69, 9.17) is 9.47 Å². The second-order valence-electron chi connectivity index (χ2n) is 11.4. The second kappa shape index (κ2) is 13.2. The van der Waals surface area contributed by atoms with Gasteiger partial charge in [-0.25, -0.2) is 19.0 Å². The van der Waals surface area contributed by atoms with Crippen molar-refractivity contribution in [1.82, 2.24) is 35.3 Å². The van der Waals surface area contributed by atoms with Crippen LogP contribution in [0.15, 0.2) is 60.9 Å². The minimum atomic E-state index is -1.03. The summed E-state index contributed by atoms with van der Waals surface area (Å²) in [6.45, 7) is 11.1. The zero-order valence-corrected chi connectivity index (χ0v) is 24.2. The van der Waals surface area contributed by atoms with Crippen LogP contribution in [0.2, 0.25) is 0 Å². The number of carbonyl (C=O) groups excluding carboxylic acids is 2. The summed E-state index contributed by atoms with van der Waals surface area (Å²) in [5.74, 6) is -0.640. The summed E-state index contributed by atoms with van der Waals surface area (Å²) in [5, 5.41) is 19.3. The SMILES string of the molecule is Cc1cccc(Cn2cc(COC(=O)[C@@H](Cc3cn(Cc4cccc(C)c4)nn3)NC(=O)OCC(C)(C)C)nn2)c1. The normalized spacial score (nSPS) is 12.1. The van der Waals surface area contributed by atoms with E-state index in [9.17, 15) is 9.59 Å². The molecule has 1 atom stereocenters. The highest BCUT2D eigenvalue weighted by Crippen LogP contribution is 2.14. The summed E-state index contributed by atoms with van der Waals surface area (Å²) in [4.78, 5) is 25.7. The molecule has 0 fully saturated rings. The number of ether oxygens (including phenoxy) is 2. The summed E-state index contributed by atoms with van der Waals surface area (Å²) in [7, 11) is 0. The smallest absolute Gasteiger partial charge is 0.407 e. The molecule has 11 nitrogen and oxygen atoms in total. The van der Waals surface area contributed by atoms with Crippen molar-refractivity contribution in [3.8, 4) is 0 Å². The van der Waals surface area contributed by atoms with Gasteiger partial charge in [0.1, 0.15) is 18.3 Å². The minimum absolute atomic E-state index is 0.0807. The van der Waals surface area contributed by atoms with E-state index in [1.807, 2.05) is 71.0 Å². The maximum absolute atomic E-state index is 13.1. The van der Waals surface area contributed by atoms with Crippen molar-refractivity contribution >= 4 is 12.1 Å². The number of hydrogen-bond acceptors (Lipinski definition) is 8. The summed E-state index contributed by atoms with van der Waals surface area (Å²) >= 11 is 0. The number of nitrogens with zero attached hydrogens (tertiary/aromatic N) is 6. The predicted molar refractivity (Wildman–Crippen MR) is 152 cm³/mol. The van der Waals surface area contributed by atoms with Crippen molar-refractivity contribution in [2.75, 3.05) is 6.61 Å². The first-order valence-electron chi connectivity index (χ1n) is 13.5. The molecule has 216 valence electrons. The van der Waals surface area contributed by atoms with Gasteiger partial charge >= 0.3 is 12.1 Å². The van der Waals surface area contributed by atoms with Crippen LogP contribution in [0.5, 0.6) is 0 Å². The molecular weight excluding hydrogens is 522 g/mol. The van der Waals surface area contributed by atoms with E-state index in [1.165, 1.54) is 0 Å². The van der Waals surface area contributed by atoms with Gasteiger partial charge in [0, 0.05) is 12.6 Å². The van der Waals surface area contributed by atoms with Gasteiger partial charge in [0.05, 0.1) is 31.6 Å². The molecule has 0 spiro atoms. The van der Waals surface area contributed by atoms with E-state index in [0.717, 1.165) is 22.3 Å². The van der Waals surface area contributed by atoms with Gasteiger partial charge in [0.2, 0.25) is 0 Å². The second-order valence-corrected chi connectivity index (χ2v) is 11.4. The van der Waals surface area contributed by atoms with Crippen LogP contribution in [0.3, 0.4) is 0 Å². The van der Waals surface area contributed by atoms with Crippen LogP contribution >= 0.6 is 0 Å². The first kappa shape index (κ1) is 29.4. The lowest BCUT2D eigenvalue weighted by atomic mass is 9.99. The lowest BCUT2D eigenvalue weighted by Gasteiger charge is -2.20. The molecule has 41 heavy (non-hydrogen) atoms. The Morgan fingerprint density at radius 1 is 0.854 bits per heavy atom. The molecule has 0 radical (unpaired) electrons. The van der Waals surface area contributed by atoms with Gasteiger partial charge in [0.25, 0.3) is 0 Å². The zero-order chi connectivity index (χ0) is 29.4. The van der Waals surface area contributed by atoms with Crippen LogP contribution in [0.4, 0.5) is 4.79 Å². The Labute approximate surface area is 239 Å². The van der Waals surface area contributed by atoms with Crippen LogP contribution in [-0.4, -0.2) is 54.7 Å². The number of nitrogens with one attached hydrogen (secondary N) is 1. The number of hydrogen-bond donors (Lipinski definition) is 1. The highest BCUT2D eigenvalue weighted by atomic mass is 16.6. The van der Waals surface area contributed by atoms with Crippen molar-refractivity contribution < 1.29 is 19.1 Å². The Hall–Kier alpha value is -4.54. The fraction of sp³-hybridized carbons (Fsp3) is 0.400. The average Bonchev–Trinajstić information content (AvgIpc) is 3.54. The van der Waals surface area contributed by atoms with E-state index in [2.05, 4.69) is 38.1 Å². The summed E-state index contributed by atoms with van der Waals surface area (Å²) in [6.07, 6.45) is 2.85. The number of aryl methyl sites for hydroxylation is 2. The van der Waals surface area contributed by atoms with Gasteiger partial charge < -0.3 is 14.8 Å². The van der Waals surface area contributed by atoms with Crippen molar-refractivity contribution in [3.05, 3.63) is 94.6 Å². The Balaban J connectivity index is 1.39. The quantitative estimate of drug-likeness (QED) is 0.273. The first-order valence-corrected chi connectivity index (χ1v) is 13.5. The Morgan fingerprint density at radius 3 is 1.98 bits per heavy atom. The zero-order valence-electron chi connectivity index (χ0n) is 24.2. The van der Waals surface area contributed by atoms with Gasteiger partial charge in [-0.1, -0.05) is 90.9 Å². The Morgan fingerprint density at radius 2 is 1.41 bits per heavy atom. The van der Waals surface area contributed by atoms with Gasteiger partial charge in [-0.2, -0.15) is 0 Å². The van der Waals surface area contributed by atoms with Gasteiger partial charge in [-0.05, 0) is 30.4 Å². The lowest BCUT2D eigenvalue weighted by Crippen LogP contribution is -2.44. The Kier molecular flexibility index (Phi) is 9.49. The summed E-state index contributed by atoms with van der Waals surface area (Å²) in [5.41, 5.74) is 5.27. The van der Waals surface area contributed by atoms with E-state index in [-0.39, 0.29) is 25.0 Å². The molecule has 2 aromatic heterocycles. The average molecular weight is 560 g/mol. The molecule has 2 heterocycles. The Bertz CT molecular complexity index is 1470. The van der Waals surface area contributed by atoms with Gasteiger partial charge in [0.15, 0.2) is 0 Å². The monoisotopic (exact) mass is 559 g/mol. The minimum Gasteiger partial charge on any atom is -0.457 e. The molecule has 0 saturated heterocycles. The van der Waals surface area contributed by atoms with E-state index in [0.29, 0.717) is 24.5 Å². The number of benzene rings is 2. The molecule has 11 heteroatoms. The number of aromatic nitrogens is 6. The lowest BCUT2D eigenvalue weighted by molar-refractivity contribution is -0.147. The molecule has 0 unspecified atom stereocenters. The molecule has 2 aromatic carbocycles.